The molecule has 0 radical (unpaired) electrons. The molecule has 106 valence electrons. The van der Waals surface area contributed by atoms with Gasteiger partial charge in [0, 0.05) is 6.54 Å². The molecule has 0 saturated carbocycles. The Hall–Kier alpha value is -1.69. The number of carbonyl (C=O) groups is 1. The Morgan fingerprint density at radius 2 is 2.05 bits per heavy atom. The minimum atomic E-state index is -1.12. The van der Waals surface area contributed by atoms with Gasteiger partial charge < -0.3 is 15.7 Å². The first-order chi connectivity index (χ1) is 8.74. The summed E-state index contributed by atoms with van der Waals surface area (Å²) >= 11 is 0. The van der Waals surface area contributed by atoms with Crippen molar-refractivity contribution in [2.45, 2.75) is 26.4 Å². The molecule has 1 atom stereocenters. The predicted octanol–water partition coefficient (Wildman–Crippen LogP) is 2.49. The van der Waals surface area contributed by atoms with Gasteiger partial charge in [0.25, 0.3) is 0 Å². The molecule has 1 aromatic carbocycles. The van der Waals surface area contributed by atoms with Crippen molar-refractivity contribution in [3.05, 3.63) is 29.8 Å². The minimum absolute atomic E-state index is 0.00738. The van der Waals surface area contributed by atoms with Crippen molar-refractivity contribution in [1.29, 1.82) is 0 Å². The first-order valence-electron chi connectivity index (χ1n) is 5.95. The zero-order valence-corrected chi connectivity index (χ0v) is 11.1. The molecule has 4 nitrogen and oxygen atoms in total. The second-order valence-corrected chi connectivity index (χ2v) is 4.92. The molecule has 0 spiro atoms. The molecule has 0 heterocycles. The molecule has 0 aliphatic carbocycles. The maximum atomic E-state index is 13.3. The molecular formula is C13H18F2N2O2. The number of urea groups is 1. The summed E-state index contributed by atoms with van der Waals surface area (Å²) in [6.45, 7) is 5.21. The standard InChI is InChI=1S/C13H18F2N2O2/c1-8(2)13(3,19)7-16-12(18)17-10-6-4-5-9(14)11(10)15/h4-6,8,19H,7H2,1-3H3,(H2,16,17,18). The molecule has 0 fully saturated rings. The van der Waals surface area contributed by atoms with E-state index in [1.807, 2.05) is 13.8 Å². The molecule has 2 amide bonds. The van der Waals surface area contributed by atoms with Gasteiger partial charge >= 0.3 is 6.03 Å². The van der Waals surface area contributed by atoms with E-state index in [-0.39, 0.29) is 18.2 Å². The van der Waals surface area contributed by atoms with Gasteiger partial charge in [-0.3, -0.25) is 0 Å². The van der Waals surface area contributed by atoms with Gasteiger partial charge in [-0.15, -0.1) is 0 Å². The normalized spacial score (nSPS) is 14.1. The lowest BCUT2D eigenvalue weighted by atomic mass is 9.93. The smallest absolute Gasteiger partial charge is 0.319 e. The highest BCUT2D eigenvalue weighted by molar-refractivity contribution is 5.89. The second-order valence-electron chi connectivity index (χ2n) is 4.92. The number of nitrogens with one attached hydrogen (secondary N) is 2. The summed E-state index contributed by atoms with van der Waals surface area (Å²) < 4.78 is 26.2. The van der Waals surface area contributed by atoms with Crippen LogP contribution in [0.3, 0.4) is 0 Å². The monoisotopic (exact) mass is 272 g/mol. The number of rotatable bonds is 4. The number of halogens is 2. The van der Waals surface area contributed by atoms with Crippen LogP contribution in [0.25, 0.3) is 0 Å². The number of hydrogen-bond acceptors (Lipinski definition) is 2. The number of anilines is 1. The van der Waals surface area contributed by atoms with Gasteiger partial charge in [0.05, 0.1) is 11.3 Å². The quantitative estimate of drug-likeness (QED) is 0.788. The lowest BCUT2D eigenvalue weighted by Crippen LogP contribution is -2.45. The van der Waals surface area contributed by atoms with Crippen molar-refractivity contribution in [2.75, 3.05) is 11.9 Å². The SMILES string of the molecule is CC(C)C(C)(O)CNC(=O)Nc1cccc(F)c1F. The minimum Gasteiger partial charge on any atom is -0.388 e. The molecule has 1 rings (SSSR count). The third-order valence-electron chi connectivity index (χ3n) is 3.05. The zero-order chi connectivity index (χ0) is 14.6. The molecule has 0 saturated heterocycles. The molecular weight excluding hydrogens is 254 g/mol. The maximum absolute atomic E-state index is 13.3. The van der Waals surface area contributed by atoms with E-state index >= 15 is 0 Å². The summed E-state index contributed by atoms with van der Waals surface area (Å²) in [5, 5.41) is 14.5. The van der Waals surface area contributed by atoms with Gasteiger partial charge in [-0.2, -0.15) is 0 Å². The number of hydrogen-bond donors (Lipinski definition) is 3. The summed E-state index contributed by atoms with van der Waals surface area (Å²) in [4.78, 5) is 11.5. The van der Waals surface area contributed by atoms with Crippen LogP contribution >= 0.6 is 0 Å². The molecule has 0 bridgehead atoms. The van der Waals surface area contributed by atoms with E-state index in [4.69, 9.17) is 0 Å². The summed E-state index contributed by atoms with van der Waals surface area (Å²) in [6.07, 6.45) is 0. The highest BCUT2D eigenvalue weighted by atomic mass is 19.2. The Morgan fingerprint density at radius 1 is 1.42 bits per heavy atom. The lowest BCUT2D eigenvalue weighted by molar-refractivity contribution is 0.0170. The summed E-state index contributed by atoms with van der Waals surface area (Å²) in [6, 6.07) is 2.80. The average molecular weight is 272 g/mol. The van der Waals surface area contributed by atoms with Crippen LogP contribution in [0.5, 0.6) is 0 Å². The number of amides is 2. The molecule has 1 aromatic rings. The first-order valence-corrected chi connectivity index (χ1v) is 5.95. The van der Waals surface area contributed by atoms with Gasteiger partial charge in [0.1, 0.15) is 0 Å². The molecule has 0 aliphatic heterocycles. The van der Waals surface area contributed by atoms with E-state index in [0.29, 0.717) is 0 Å². The molecule has 1 unspecified atom stereocenters. The van der Waals surface area contributed by atoms with Crippen LogP contribution in [-0.2, 0) is 0 Å². The van der Waals surface area contributed by atoms with Crippen LogP contribution in [0.1, 0.15) is 20.8 Å². The third-order valence-corrected chi connectivity index (χ3v) is 3.05. The van der Waals surface area contributed by atoms with Crippen LogP contribution in [0.4, 0.5) is 19.3 Å². The van der Waals surface area contributed by atoms with Crippen LogP contribution < -0.4 is 10.6 Å². The topological polar surface area (TPSA) is 61.4 Å². The van der Waals surface area contributed by atoms with E-state index in [0.717, 1.165) is 6.07 Å². The molecule has 19 heavy (non-hydrogen) atoms. The predicted molar refractivity (Wildman–Crippen MR) is 68.8 cm³/mol. The fraction of sp³-hybridized carbons (Fsp3) is 0.462. The fourth-order valence-electron chi connectivity index (χ4n) is 1.23. The lowest BCUT2D eigenvalue weighted by Gasteiger charge is -2.27. The Bertz CT molecular complexity index is 462. The van der Waals surface area contributed by atoms with Crippen molar-refractivity contribution in [3.63, 3.8) is 0 Å². The van der Waals surface area contributed by atoms with E-state index in [2.05, 4.69) is 10.6 Å². The van der Waals surface area contributed by atoms with Gasteiger partial charge in [-0.1, -0.05) is 19.9 Å². The Labute approximate surface area is 110 Å². The Kier molecular flexibility index (Phi) is 4.83. The van der Waals surface area contributed by atoms with Gasteiger partial charge in [0.15, 0.2) is 11.6 Å². The molecule has 6 heteroatoms. The van der Waals surface area contributed by atoms with Crippen molar-refractivity contribution >= 4 is 11.7 Å². The fourth-order valence-corrected chi connectivity index (χ4v) is 1.23. The van der Waals surface area contributed by atoms with Gasteiger partial charge in [0.2, 0.25) is 0 Å². The van der Waals surface area contributed by atoms with Crippen molar-refractivity contribution in [2.24, 2.45) is 5.92 Å². The number of benzene rings is 1. The van der Waals surface area contributed by atoms with Crippen LogP contribution in [-0.4, -0.2) is 23.3 Å². The van der Waals surface area contributed by atoms with Crippen LogP contribution in [0.2, 0.25) is 0 Å². The van der Waals surface area contributed by atoms with Gasteiger partial charge in [-0.25, -0.2) is 13.6 Å². The number of aliphatic hydroxyl groups is 1. The van der Waals surface area contributed by atoms with E-state index < -0.39 is 23.3 Å². The van der Waals surface area contributed by atoms with Crippen molar-refractivity contribution in [3.8, 4) is 0 Å². The largest absolute Gasteiger partial charge is 0.388 e. The van der Waals surface area contributed by atoms with Crippen LogP contribution in [0.15, 0.2) is 18.2 Å². The highest BCUT2D eigenvalue weighted by Crippen LogP contribution is 2.17. The summed E-state index contributed by atoms with van der Waals surface area (Å²) in [5.41, 5.74) is -1.32. The Balaban J connectivity index is 2.59. The van der Waals surface area contributed by atoms with Gasteiger partial charge in [-0.05, 0) is 25.0 Å². The van der Waals surface area contributed by atoms with Crippen molar-refractivity contribution in [1.82, 2.24) is 5.32 Å². The maximum Gasteiger partial charge on any atom is 0.319 e. The summed E-state index contributed by atoms with van der Waals surface area (Å²) in [5.74, 6) is -2.21. The third kappa shape index (κ3) is 4.17. The molecule has 0 aromatic heterocycles. The molecule has 0 aliphatic rings. The van der Waals surface area contributed by atoms with E-state index in [1.54, 1.807) is 6.92 Å². The second kappa shape index (κ2) is 5.97. The highest BCUT2D eigenvalue weighted by Gasteiger charge is 2.25. The summed E-state index contributed by atoms with van der Waals surface area (Å²) in [7, 11) is 0. The molecule has 3 N–H and O–H groups in total. The Morgan fingerprint density at radius 3 is 2.63 bits per heavy atom. The first kappa shape index (κ1) is 15.4. The number of carbonyl (C=O) groups excluding carboxylic acids is 1. The zero-order valence-electron chi connectivity index (χ0n) is 11.1. The van der Waals surface area contributed by atoms with Crippen LogP contribution in [0, 0.1) is 17.6 Å². The average Bonchev–Trinajstić information content (AvgIpc) is 2.32. The van der Waals surface area contributed by atoms with E-state index in [1.165, 1.54) is 12.1 Å². The van der Waals surface area contributed by atoms with Crippen molar-refractivity contribution < 1.29 is 18.7 Å². The van der Waals surface area contributed by atoms with E-state index in [9.17, 15) is 18.7 Å².